The molecule has 1 amide bonds. The van der Waals surface area contributed by atoms with Gasteiger partial charge in [0, 0.05) is 28.3 Å². The Labute approximate surface area is 143 Å². The smallest absolute Gasteiger partial charge is 0.261 e. The molecule has 0 spiro atoms. The summed E-state index contributed by atoms with van der Waals surface area (Å²) < 4.78 is 2.03. The number of carbonyl (C=O) groups excluding carboxylic acids is 1. The zero-order valence-electron chi connectivity index (χ0n) is 13.0. The second kappa shape index (κ2) is 5.49. The van der Waals surface area contributed by atoms with E-state index in [0.717, 1.165) is 17.5 Å². The molecule has 2 aromatic carbocycles. The minimum atomic E-state index is -0.419. The first-order chi connectivity index (χ1) is 11.5. The van der Waals surface area contributed by atoms with Crippen molar-refractivity contribution >= 4 is 34.1 Å². The molecule has 5 heteroatoms. The number of hydrogen-bond donors (Lipinski definition) is 1. The van der Waals surface area contributed by atoms with Crippen molar-refractivity contribution in [2.75, 3.05) is 5.32 Å². The van der Waals surface area contributed by atoms with E-state index < -0.39 is 5.91 Å². The Morgan fingerprint density at radius 2 is 2.04 bits per heavy atom. The van der Waals surface area contributed by atoms with E-state index in [2.05, 4.69) is 12.2 Å². The molecule has 1 atom stereocenters. The van der Waals surface area contributed by atoms with Gasteiger partial charge in [-0.25, -0.2) is 0 Å². The van der Waals surface area contributed by atoms with Gasteiger partial charge in [0.1, 0.15) is 5.56 Å². The van der Waals surface area contributed by atoms with Crippen LogP contribution in [0.3, 0.4) is 0 Å². The topological polar surface area (TPSA) is 51.1 Å². The van der Waals surface area contributed by atoms with Crippen LogP contribution in [0.5, 0.6) is 0 Å². The molecule has 1 unspecified atom stereocenters. The fourth-order valence-corrected chi connectivity index (χ4v) is 3.53. The van der Waals surface area contributed by atoms with E-state index >= 15 is 0 Å². The maximum absolute atomic E-state index is 12.8. The minimum absolute atomic E-state index is 0.147. The summed E-state index contributed by atoms with van der Waals surface area (Å²) in [7, 11) is 0. The lowest BCUT2D eigenvalue weighted by Crippen LogP contribution is -2.23. The van der Waals surface area contributed by atoms with Gasteiger partial charge < -0.3 is 9.88 Å². The maximum Gasteiger partial charge on any atom is 0.261 e. The van der Waals surface area contributed by atoms with Gasteiger partial charge in [-0.15, -0.1) is 0 Å². The average molecular weight is 339 g/mol. The minimum Gasteiger partial charge on any atom is -0.343 e. The first kappa shape index (κ1) is 15.0. The lowest BCUT2D eigenvalue weighted by Gasteiger charge is -2.12. The van der Waals surface area contributed by atoms with Crippen LogP contribution in [0.15, 0.2) is 53.5 Å². The monoisotopic (exact) mass is 338 g/mol. The van der Waals surface area contributed by atoms with E-state index in [9.17, 15) is 9.59 Å². The second-order valence-electron chi connectivity index (χ2n) is 6.11. The van der Waals surface area contributed by atoms with Crippen LogP contribution >= 0.6 is 11.6 Å². The number of nitrogens with one attached hydrogen (secondary N) is 1. The molecule has 0 radical (unpaired) electrons. The van der Waals surface area contributed by atoms with E-state index in [1.165, 1.54) is 0 Å². The molecule has 3 aromatic rings. The summed E-state index contributed by atoms with van der Waals surface area (Å²) in [6.45, 7) is 2.09. The van der Waals surface area contributed by atoms with Crippen molar-refractivity contribution in [3.63, 3.8) is 0 Å². The van der Waals surface area contributed by atoms with Crippen molar-refractivity contribution in [2.45, 2.75) is 19.4 Å². The van der Waals surface area contributed by atoms with Gasteiger partial charge in [-0.3, -0.25) is 9.59 Å². The van der Waals surface area contributed by atoms with Gasteiger partial charge in [0.25, 0.3) is 5.91 Å². The highest BCUT2D eigenvalue weighted by atomic mass is 35.5. The molecule has 0 saturated heterocycles. The van der Waals surface area contributed by atoms with Crippen molar-refractivity contribution in [3.8, 4) is 0 Å². The van der Waals surface area contributed by atoms with Crippen molar-refractivity contribution in [1.29, 1.82) is 0 Å². The SMILES string of the molecule is CC1Cc2cccc3c(=O)c(C(=O)Nc4cccc(Cl)c4)cn1c23. The van der Waals surface area contributed by atoms with Gasteiger partial charge in [-0.05, 0) is 43.2 Å². The highest BCUT2D eigenvalue weighted by molar-refractivity contribution is 6.31. The summed E-state index contributed by atoms with van der Waals surface area (Å²) in [5.41, 5.74) is 2.56. The van der Waals surface area contributed by atoms with Crippen LogP contribution in [-0.2, 0) is 6.42 Å². The van der Waals surface area contributed by atoms with Crippen LogP contribution in [0.4, 0.5) is 5.69 Å². The first-order valence-electron chi connectivity index (χ1n) is 7.78. The quantitative estimate of drug-likeness (QED) is 0.767. The number of carbonyl (C=O) groups is 1. The Hall–Kier alpha value is -2.59. The number of nitrogens with zero attached hydrogens (tertiary/aromatic N) is 1. The third-order valence-electron chi connectivity index (χ3n) is 4.45. The van der Waals surface area contributed by atoms with Gasteiger partial charge in [0.15, 0.2) is 0 Å². The van der Waals surface area contributed by atoms with Crippen LogP contribution in [-0.4, -0.2) is 10.5 Å². The number of pyridine rings is 1. The Morgan fingerprint density at radius 3 is 2.83 bits per heavy atom. The molecule has 1 aliphatic rings. The Morgan fingerprint density at radius 1 is 1.25 bits per heavy atom. The standard InChI is InChI=1S/C19H15ClN2O2/c1-11-8-12-4-2-7-15-17(12)22(11)10-16(18(15)23)19(24)21-14-6-3-5-13(20)9-14/h2-7,9-11H,8H2,1H3,(H,21,24). The molecule has 0 bridgehead atoms. The first-order valence-corrected chi connectivity index (χ1v) is 8.16. The van der Waals surface area contributed by atoms with Crippen molar-refractivity contribution in [3.05, 3.63) is 75.0 Å². The van der Waals surface area contributed by atoms with E-state index in [1.54, 1.807) is 36.5 Å². The van der Waals surface area contributed by atoms with Crippen LogP contribution in [0.1, 0.15) is 28.9 Å². The summed E-state index contributed by atoms with van der Waals surface area (Å²) in [6.07, 6.45) is 2.54. The average Bonchev–Trinajstić information content (AvgIpc) is 2.87. The van der Waals surface area contributed by atoms with Gasteiger partial charge in [0.05, 0.1) is 5.52 Å². The number of halogens is 1. The predicted octanol–water partition coefficient (Wildman–Crippen LogP) is 4.02. The van der Waals surface area contributed by atoms with E-state index in [1.807, 2.05) is 16.7 Å². The molecule has 24 heavy (non-hydrogen) atoms. The molecule has 1 aliphatic heterocycles. The molecule has 4 nitrogen and oxygen atoms in total. The summed E-state index contributed by atoms with van der Waals surface area (Å²) >= 11 is 5.94. The van der Waals surface area contributed by atoms with Crippen LogP contribution < -0.4 is 10.7 Å². The number of para-hydroxylation sites is 1. The Bertz CT molecular complexity index is 1040. The van der Waals surface area contributed by atoms with Crippen LogP contribution in [0.25, 0.3) is 10.9 Å². The fourth-order valence-electron chi connectivity index (χ4n) is 3.34. The summed E-state index contributed by atoms with van der Waals surface area (Å²) in [5.74, 6) is -0.419. The number of benzene rings is 2. The van der Waals surface area contributed by atoms with Gasteiger partial charge in [0.2, 0.25) is 5.43 Å². The molecule has 0 aliphatic carbocycles. The third-order valence-corrected chi connectivity index (χ3v) is 4.69. The van der Waals surface area contributed by atoms with E-state index in [4.69, 9.17) is 11.6 Å². The lowest BCUT2D eigenvalue weighted by molar-refractivity contribution is 0.102. The molecular weight excluding hydrogens is 324 g/mol. The molecule has 1 N–H and O–H groups in total. The third kappa shape index (κ3) is 2.31. The van der Waals surface area contributed by atoms with Crippen LogP contribution in [0, 0.1) is 0 Å². The lowest BCUT2D eigenvalue weighted by atomic mass is 10.1. The summed E-state index contributed by atoms with van der Waals surface area (Å²) in [5, 5.41) is 3.87. The molecule has 4 rings (SSSR count). The fraction of sp³-hybridized carbons (Fsp3) is 0.158. The molecule has 120 valence electrons. The zero-order chi connectivity index (χ0) is 16.8. The largest absolute Gasteiger partial charge is 0.343 e. The number of anilines is 1. The highest BCUT2D eigenvalue weighted by Gasteiger charge is 2.24. The summed E-state index contributed by atoms with van der Waals surface area (Å²) in [6, 6.07) is 12.8. The van der Waals surface area contributed by atoms with Gasteiger partial charge in [-0.2, -0.15) is 0 Å². The van der Waals surface area contributed by atoms with Crippen molar-refractivity contribution in [1.82, 2.24) is 4.57 Å². The Balaban J connectivity index is 1.82. The number of hydrogen-bond acceptors (Lipinski definition) is 2. The Kier molecular flexibility index (Phi) is 3.43. The molecule has 0 saturated carbocycles. The molecular formula is C19H15ClN2O2. The van der Waals surface area contributed by atoms with Gasteiger partial charge >= 0.3 is 0 Å². The summed E-state index contributed by atoms with van der Waals surface area (Å²) in [4.78, 5) is 25.4. The maximum atomic E-state index is 12.8. The van der Waals surface area contributed by atoms with Gasteiger partial charge in [-0.1, -0.05) is 29.8 Å². The molecule has 0 fully saturated rings. The van der Waals surface area contributed by atoms with E-state index in [-0.39, 0.29) is 17.0 Å². The zero-order valence-corrected chi connectivity index (χ0v) is 13.8. The predicted molar refractivity (Wildman–Crippen MR) is 96.0 cm³/mol. The molecule has 1 aromatic heterocycles. The normalized spacial score (nSPS) is 15.7. The second-order valence-corrected chi connectivity index (χ2v) is 6.55. The van der Waals surface area contributed by atoms with Crippen LogP contribution in [0.2, 0.25) is 5.02 Å². The van der Waals surface area contributed by atoms with Crippen molar-refractivity contribution in [2.24, 2.45) is 0 Å². The van der Waals surface area contributed by atoms with E-state index in [0.29, 0.717) is 16.1 Å². The van der Waals surface area contributed by atoms with Crippen molar-refractivity contribution < 1.29 is 4.79 Å². The number of rotatable bonds is 2. The molecule has 2 heterocycles. The highest BCUT2D eigenvalue weighted by Crippen LogP contribution is 2.31. The number of amides is 1. The number of aromatic nitrogens is 1.